The number of ether oxygens (including phenoxy) is 1. The van der Waals surface area contributed by atoms with Crippen molar-refractivity contribution < 1.29 is 9.53 Å². The van der Waals surface area contributed by atoms with Crippen molar-refractivity contribution in [3.8, 4) is 11.1 Å². The predicted molar refractivity (Wildman–Crippen MR) is 144 cm³/mol. The van der Waals surface area contributed by atoms with E-state index in [1.807, 2.05) is 12.4 Å². The van der Waals surface area contributed by atoms with Crippen LogP contribution in [0.1, 0.15) is 18.1 Å². The Bertz CT molecular complexity index is 1210. The van der Waals surface area contributed by atoms with Crippen molar-refractivity contribution >= 4 is 35.4 Å². The van der Waals surface area contributed by atoms with E-state index in [9.17, 15) is 4.79 Å². The SMILES string of the molecule is CCOC(=O)/C=C/c1cnc(N2CCN(c3ncc(-c4cccc(CN(C)C)c4)cn3)CC2)c(Cl)c1. The number of carbonyl (C=O) groups is 1. The molecule has 9 heteroatoms. The Morgan fingerprint density at radius 2 is 1.75 bits per heavy atom. The number of halogens is 1. The average molecular weight is 507 g/mol. The molecule has 0 N–H and O–H groups in total. The van der Waals surface area contributed by atoms with Crippen molar-refractivity contribution in [1.82, 2.24) is 19.9 Å². The molecule has 8 nitrogen and oxygen atoms in total. The van der Waals surface area contributed by atoms with Crippen molar-refractivity contribution in [2.45, 2.75) is 13.5 Å². The molecule has 36 heavy (non-hydrogen) atoms. The van der Waals surface area contributed by atoms with E-state index in [-0.39, 0.29) is 5.97 Å². The summed E-state index contributed by atoms with van der Waals surface area (Å²) in [6.45, 7) is 6.04. The van der Waals surface area contributed by atoms with E-state index in [0.717, 1.165) is 61.2 Å². The van der Waals surface area contributed by atoms with Crippen molar-refractivity contribution in [2.75, 3.05) is 56.7 Å². The second-order valence-electron chi connectivity index (χ2n) is 8.84. The van der Waals surface area contributed by atoms with Gasteiger partial charge in [-0.3, -0.25) is 0 Å². The fourth-order valence-electron chi connectivity index (χ4n) is 4.09. The molecule has 3 heterocycles. The van der Waals surface area contributed by atoms with E-state index < -0.39 is 0 Å². The van der Waals surface area contributed by atoms with Crippen LogP contribution in [0.25, 0.3) is 17.2 Å². The summed E-state index contributed by atoms with van der Waals surface area (Å²) >= 11 is 6.51. The summed E-state index contributed by atoms with van der Waals surface area (Å²) in [5.74, 6) is 1.07. The number of benzene rings is 1. The van der Waals surface area contributed by atoms with Crippen LogP contribution in [0.15, 0.2) is 55.0 Å². The molecule has 1 aliphatic rings. The van der Waals surface area contributed by atoms with Crippen LogP contribution in [0.4, 0.5) is 11.8 Å². The zero-order valence-corrected chi connectivity index (χ0v) is 21.6. The van der Waals surface area contributed by atoms with Gasteiger partial charge < -0.3 is 19.4 Å². The monoisotopic (exact) mass is 506 g/mol. The van der Waals surface area contributed by atoms with Crippen molar-refractivity contribution in [2.24, 2.45) is 0 Å². The molecule has 0 spiro atoms. The summed E-state index contributed by atoms with van der Waals surface area (Å²) in [7, 11) is 4.13. The van der Waals surface area contributed by atoms with Crippen LogP contribution < -0.4 is 9.80 Å². The third kappa shape index (κ3) is 6.59. The molecule has 1 aliphatic heterocycles. The van der Waals surface area contributed by atoms with Crippen LogP contribution in [0.2, 0.25) is 5.02 Å². The fourth-order valence-corrected chi connectivity index (χ4v) is 4.38. The Balaban J connectivity index is 1.36. The number of esters is 1. The van der Waals surface area contributed by atoms with E-state index in [2.05, 4.69) is 68.0 Å². The smallest absolute Gasteiger partial charge is 0.330 e. The van der Waals surface area contributed by atoms with Gasteiger partial charge in [-0.2, -0.15) is 0 Å². The molecule has 4 rings (SSSR count). The van der Waals surface area contributed by atoms with Gasteiger partial charge in [-0.05, 0) is 55.9 Å². The minimum Gasteiger partial charge on any atom is -0.463 e. The number of carbonyl (C=O) groups excluding carboxylic acids is 1. The summed E-state index contributed by atoms with van der Waals surface area (Å²) in [4.78, 5) is 31.8. The summed E-state index contributed by atoms with van der Waals surface area (Å²) in [6, 6.07) is 10.3. The van der Waals surface area contributed by atoms with E-state index in [4.69, 9.17) is 16.3 Å². The molecule has 0 bridgehead atoms. The van der Waals surface area contributed by atoms with E-state index in [1.54, 1.807) is 25.3 Å². The van der Waals surface area contributed by atoms with Gasteiger partial charge >= 0.3 is 5.97 Å². The van der Waals surface area contributed by atoms with E-state index in [0.29, 0.717) is 11.6 Å². The van der Waals surface area contributed by atoms with Crippen LogP contribution in [0.5, 0.6) is 0 Å². The molecule has 1 aromatic carbocycles. The molecular weight excluding hydrogens is 476 g/mol. The van der Waals surface area contributed by atoms with Crippen LogP contribution >= 0.6 is 11.6 Å². The lowest BCUT2D eigenvalue weighted by atomic mass is 10.1. The van der Waals surface area contributed by atoms with Gasteiger partial charge in [-0.1, -0.05) is 29.8 Å². The van der Waals surface area contributed by atoms with Gasteiger partial charge in [0, 0.05) is 63.0 Å². The number of aromatic nitrogens is 3. The second-order valence-corrected chi connectivity index (χ2v) is 9.25. The highest BCUT2D eigenvalue weighted by molar-refractivity contribution is 6.33. The molecule has 1 fully saturated rings. The summed E-state index contributed by atoms with van der Waals surface area (Å²) in [5, 5.41) is 0.548. The highest BCUT2D eigenvalue weighted by Gasteiger charge is 2.21. The maximum absolute atomic E-state index is 11.5. The van der Waals surface area contributed by atoms with Gasteiger partial charge in [0.1, 0.15) is 5.82 Å². The van der Waals surface area contributed by atoms with E-state index in [1.165, 1.54) is 11.6 Å². The van der Waals surface area contributed by atoms with Crippen LogP contribution in [-0.4, -0.2) is 72.7 Å². The largest absolute Gasteiger partial charge is 0.463 e. The Labute approximate surface area is 217 Å². The maximum Gasteiger partial charge on any atom is 0.330 e. The van der Waals surface area contributed by atoms with Gasteiger partial charge in [0.15, 0.2) is 0 Å². The number of rotatable bonds is 8. The maximum atomic E-state index is 11.5. The molecule has 2 aromatic heterocycles. The Morgan fingerprint density at radius 1 is 1.03 bits per heavy atom. The third-order valence-corrected chi connectivity index (χ3v) is 6.08. The zero-order valence-electron chi connectivity index (χ0n) is 20.9. The van der Waals surface area contributed by atoms with Gasteiger partial charge in [0.25, 0.3) is 0 Å². The Morgan fingerprint density at radius 3 is 2.42 bits per heavy atom. The fraction of sp³-hybridized carbons (Fsp3) is 0.333. The summed E-state index contributed by atoms with van der Waals surface area (Å²) < 4.78 is 4.90. The molecular formula is C27H31ClN6O2. The number of pyridine rings is 1. The first kappa shape index (κ1) is 25.6. The van der Waals surface area contributed by atoms with Gasteiger partial charge in [-0.15, -0.1) is 0 Å². The normalized spacial score (nSPS) is 14.0. The standard InChI is InChI=1S/C27H31ClN6O2/c1-4-36-25(35)9-8-20-15-24(28)26(29-16-20)33-10-12-34(13-11-33)27-30-17-23(18-31-27)22-7-5-6-21(14-22)19-32(2)3/h5-9,14-18H,4,10-13,19H2,1-3H3/b9-8+. The lowest BCUT2D eigenvalue weighted by Gasteiger charge is -2.35. The number of hydrogen-bond donors (Lipinski definition) is 0. The Kier molecular flexibility index (Phi) is 8.51. The third-order valence-electron chi connectivity index (χ3n) is 5.80. The van der Waals surface area contributed by atoms with Crippen molar-refractivity contribution in [1.29, 1.82) is 0 Å². The molecule has 3 aromatic rings. The molecule has 0 radical (unpaired) electrons. The van der Waals surface area contributed by atoms with E-state index >= 15 is 0 Å². The minimum atomic E-state index is -0.387. The number of anilines is 2. The lowest BCUT2D eigenvalue weighted by molar-refractivity contribution is -0.137. The number of hydrogen-bond acceptors (Lipinski definition) is 8. The van der Waals surface area contributed by atoms with Gasteiger partial charge in [-0.25, -0.2) is 19.7 Å². The molecule has 1 saturated heterocycles. The summed E-state index contributed by atoms with van der Waals surface area (Å²) in [6.07, 6.45) is 8.52. The molecule has 0 saturated carbocycles. The number of piperazine rings is 1. The zero-order chi connectivity index (χ0) is 25.5. The van der Waals surface area contributed by atoms with Gasteiger partial charge in [0.05, 0.1) is 11.6 Å². The molecule has 0 unspecified atom stereocenters. The van der Waals surface area contributed by atoms with Crippen molar-refractivity contribution in [3.63, 3.8) is 0 Å². The highest BCUT2D eigenvalue weighted by atomic mass is 35.5. The van der Waals surface area contributed by atoms with Crippen molar-refractivity contribution in [3.05, 3.63) is 71.1 Å². The van der Waals surface area contributed by atoms with Crippen LogP contribution in [0.3, 0.4) is 0 Å². The van der Waals surface area contributed by atoms with Crippen LogP contribution in [0, 0.1) is 0 Å². The minimum absolute atomic E-state index is 0.340. The Hall–Kier alpha value is -3.49. The predicted octanol–water partition coefficient (Wildman–Crippen LogP) is 4.16. The molecule has 0 amide bonds. The van der Waals surface area contributed by atoms with Gasteiger partial charge in [0.2, 0.25) is 5.95 Å². The highest BCUT2D eigenvalue weighted by Crippen LogP contribution is 2.27. The molecule has 0 atom stereocenters. The topological polar surface area (TPSA) is 74.7 Å². The first-order chi connectivity index (χ1) is 17.4. The first-order valence-corrected chi connectivity index (χ1v) is 12.4. The lowest BCUT2D eigenvalue weighted by Crippen LogP contribution is -2.47. The molecule has 0 aliphatic carbocycles. The quantitative estimate of drug-likeness (QED) is 0.333. The van der Waals surface area contributed by atoms with Crippen LogP contribution in [-0.2, 0) is 16.1 Å². The average Bonchev–Trinajstić information content (AvgIpc) is 2.88. The first-order valence-electron chi connectivity index (χ1n) is 12.0. The number of nitrogens with zero attached hydrogens (tertiary/aromatic N) is 6. The second kappa shape index (κ2) is 12.0. The summed E-state index contributed by atoms with van der Waals surface area (Å²) in [5.41, 5.74) is 4.13. The molecule has 188 valence electrons.